The van der Waals surface area contributed by atoms with Crippen LogP contribution in [-0.2, 0) is 16.0 Å². The molecule has 1 aliphatic rings. The Hall–Kier alpha value is -2.20. The van der Waals surface area contributed by atoms with Gasteiger partial charge in [-0.25, -0.2) is 4.39 Å². The molecule has 0 bridgehead atoms. The minimum absolute atomic E-state index is 0. The van der Waals surface area contributed by atoms with E-state index in [0.29, 0.717) is 25.5 Å². The van der Waals surface area contributed by atoms with Crippen LogP contribution < -0.4 is 10.6 Å². The molecule has 6 nitrogen and oxygen atoms in total. The van der Waals surface area contributed by atoms with Crippen molar-refractivity contribution in [1.82, 2.24) is 15.5 Å². The molecule has 1 fully saturated rings. The third kappa shape index (κ3) is 7.74. The van der Waals surface area contributed by atoms with Crippen LogP contribution in [0.1, 0.15) is 23.7 Å². The molecule has 174 valence electrons. The fourth-order valence-corrected chi connectivity index (χ4v) is 3.78. The first kappa shape index (κ1) is 26.1. The lowest BCUT2D eigenvalue weighted by molar-refractivity contribution is -0.127. The molecule has 32 heavy (non-hydrogen) atoms. The van der Waals surface area contributed by atoms with Gasteiger partial charge < -0.3 is 20.3 Å². The summed E-state index contributed by atoms with van der Waals surface area (Å²) in [6.07, 6.45) is 1.20. The van der Waals surface area contributed by atoms with Gasteiger partial charge in [-0.3, -0.25) is 9.79 Å². The number of carbonyl (C=O) groups excluding carboxylic acids is 1. The molecule has 0 spiro atoms. The number of hydrogen-bond acceptors (Lipinski definition) is 3. The molecule has 1 heterocycles. The number of carbonyl (C=O) groups is 1. The van der Waals surface area contributed by atoms with E-state index < -0.39 is 0 Å². The molecule has 2 N–H and O–H groups in total. The molecule has 1 amide bonds. The molecule has 0 aromatic heterocycles. The minimum atomic E-state index is -0.270. The summed E-state index contributed by atoms with van der Waals surface area (Å²) in [5.41, 5.74) is 2.14. The lowest BCUT2D eigenvalue weighted by Gasteiger charge is -2.20. The van der Waals surface area contributed by atoms with Crippen LogP contribution in [0.5, 0.6) is 0 Å². The van der Waals surface area contributed by atoms with Gasteiger partial charge in [-0.05, 0) is 29.7 Å². The molecule has 3 rings (SSSR count). The van der Waals surface area contributed by atoms with Crippen LogP contribution >= 0.6 is 24.0 Å². The molecular weight excluding hydrogens is 522 g/mol. The first-order valence-electron chi connectivity index (χ1n) is 10.6. The van der Waals surface area contributed by atoms with Crippen molar-refractivity contribution in [3.63, 3.8) is 0 Å². The number of guanidine groups is 1. The van der Waals surface area contributed by atoms with Crippen LogP contribution in [0.3, 0.4) is 0 Å². The second-order valence-electron chi connectivity index (χ2n) is 7.76. The topological polar surface area (TPSA) is 66.0 Å². The van der Waals surface area contributed by atoms with E-state index in [4.69, 9.17) is 4.74 Å². The van der Waals surface area contributed by atoms with Gasteiger partial charge in [-0.15, -0.1) is 24.0 Å². The Balaban J connectivity index is 0.00000363. The molecule has 8 heteroatoms. The zero-order valence-electron chi connectivity index (χ0n) is 18.6. The van der Waals surface area contributed by atoms with Gasteiger partial charge in [-0.2, -0.15) is 0 Å². The third-order valence-electron chi connectivity index (χ3n) is 5.57. The number of methoxy groups -OCH3 is 1. The van der Waals surface area contributed by atoms with Gasteiger partial charge in [0.15, 0.2) is 5.96 Å². The smallest absolute Gasteiger partial charge is 0.223 e. The quantitative estimate of drug-likeness (QED) is 0.284. The highest BCUT2D eigenvalue weighted by Gasteiger charge is 2.29. The predicted molar refractivity (Wildman–Crippen MR) is 136 cm³/mol. The first-order valence-corrected chi connectivity index (χ1v) is 10.6. The zero-order valence-corrected chi connectivity index (χ0v) is 20.9. The van der Waals surface area contributed by atoms with Crippen molar-refractivity contribution in [3.8, 4) is 0 Å². The highest BCUT2D eigenvalue weighted by molar-refractivity contribution is 14.0. The van der Waals surface area contributed by atoms with Crippen molar-refractivity contribution in [2.24, 2.45) is 10.9 Å². The van der Waals surface area contributed by atoms with E-state index in [-0.39, 0.29) is 47.7 Å². The SMILES string of the molecule is CN=C(NCC1CC(=O)N(CCc2ccccc2)C1)NCC(OC)c1ccc(F)cc1.I. The number of nitrogens with one attached hydrogen (secondary N) is 2. The average molecular weight is 554 g/mol. The summed E-state index contributed by atoms with van der Waals surface area (Å²) in [6, 6.07) is 16.5. The van der Waals surface area contributed by atoms with Crippen LogP contribution in [0.15, 0.2) is 59.6 Å². The largest absolute Gasteiger partial charge is 0.375 e. The molecule has 2 aromatic carbocycles. The van der Waals surface area contributed by atoms with E-state index in [2.05, 4.69) is 27.8 Å². The Morgan fingerprint density at radius 1 is 1.19 bits per heavy atom. The summed E-state index contributed by atoms with van der Waals surface area (Å²) in [5, 5.41) is 6.56. The number of halogens is 2. The Labute approximate surface area is 206 Å². The lowest BCUT2D eigenvalue weighted by Crippen LogP contribution is -2.42. The normalized spacial score (nSPS) is 17.1. The van der Waals surface area contributed by atoms with E-state index in [0.717, 1.165) is 25.1 Å². The van der Waals surface area contributed by atoms with Crippen LogP contribution in [0.2, 0.25) is 0 Å². The van der Waals surface area contributed by atoms with Crippen molar-refractivity contribution in [2.45, 2.75) is 18.9 Å². The number of likely N-dealkylation sites (tertiary alicyclic amines) is 1. The van der Waals surface area contributed by atoms with Gasteiger partial charge in [0.05, 0.1) is 6.10 Å². The van der Waals surface area contributed by atoms with Crippen molar-refractivity contribution in [1.29, 1.82) is 0 Å². The molecule has 1 saturated heterocycles. The number of amides is 1. The second kappa shape index (κ2) is 13.4. The molecule has 2 atom stereocenters. The number of aliphatic imine (C=N–C) groups is 1. The highest BCUT2D eigenvalue weighted by atomic mass is 127. The van der Waals surface area contributed by atoms with Crippen molar-refractivity contribution < 1.29 is 13.9 Å². The van der Waals surface area contributed by atoms with Crippen LogP contribution in [-0.4, -0.2) is 57.1 Å². The number of rotatable bonds is 9. The number of nitrogens with zero attached hydrogens (tertiary/aromatic N) is 2. The first-order chi connectivity index (χ1) is 15.1. The summed E-state index contributed by atoms with van der Waals surface area (Å²) in [7, 11) is 3.33. The molecule has 0 saturated carbocycles. The molecule has 0 aliphatic carbocycles. The van der Waals surface area contributed by atoms with E-state index in [9.17, 15) is 9.18 Å². The van der Waals surface area contributed by atoms with Crippen LogP contribution in [0, 0.1) is 11.7 Å². The lowest BCUT2D eigenvalue weighted by atomic mass is 10.1. The van der Waals surface area contributed by atoms with Crippen LogP contribution in [0.4, 0.5) is 4.39 Å². The minimum Gasteiger partial charge on any atom is -0.375 e. The van der Waals surface area contributed by atoms with E-state index in [1.54, 1.807) is 26.3 Å². The highest BCUT2D eigenvalue weighted by Crippen LogP contribution is 2.18. The van der Waals surface area contributed by atoms with Crippen LogP contribution in [0.25, 0.3) is 0 Å². The van der Waals surface area contributed by atoms with E-state index in [1.165, 1.54) is 17.7 Å². The predicted octanol–water partition coefficient (Wildman–Crippen LogP) is 3.39. The van der Waals surface area contributed by atoms with Gasteiger partial charge in [0.1, 0.15) is 5.82 Å². The standard InChI is InChI=1S/C24H31FN4O2.HI/c1-26-24(28-16-22(31-2)20-8-10-21(25)11-9-20)27-15-19-14-23(30)29(17-19)13-12-18-6-4-3-5-7-18;/h3-11,19,22H,12-17H2,1-2H3,(H2,26,27,28);1H. The number of ether oxygens (including phenoxy) is 1. The summed E-state index contributed by atoms with van der Waals surface area (Å²) < 4.78 is 18.7. The Kier molecular flexibility index (Phi) is 10.9. The van der Waals surface area contributed by atoms with Crippen molar-refractivity contribution in [3.05, 3.63) is 71.5 Å². The third-order valence-corrected chi connectivity index (χ3v) is 5.57. The monoisotopic (exact) mass is 554 g/mol. The van der Waals surface area contributed by atoms with E-state index in [1.807, 2.05) is 23.1 Å². The van der Waals surface area contributed by atoms with Crippen molar-refractivity contribution >= 4 is 35.8 Å². The Morgan fingerprint density at radius 3 is 2.56 bits per heavy atom. The number of benzene rings is 2. The summed E-state index contributed by atoms with van der Waals surface area (Å²) in [5.74, 6) is 0.839. The van der Waals surface area contributed by atoms with Gasteiger partial charge in [0, 0.05) is 52.7 Å². The molecule has 2 aromatic rings. The fourth-order valence-electron chi connectivity index (χ4n) is 3.78. The summed E-state index contributed by atoms with van der Waals surface area (Å²) in [4.78, 5) is 18.6. The van der Waals surface area contributed by atoms with Gasteiger partial charge in [0.2, 0.25) is 5.91 Å². The molecule has 0 radical (unpaired) electrons. The van der Waals surface area contributed by atoms with Gasteiger partial charge >= 0.3 is 0 Å². The maximum atomic E-state index is 13.1. The van der Waals surface area contributed by atoms with Crippen molar-refractivity contribution in [2.75, 3.05) is 40.3 Å². The molecule has 2 unspecified atom stereocenters. The van der Waals surface area contributed by atoms with Gasteiger partial charge in [-0.1, -0.05) is 42.5 Å². The summed E-state index contributed by atoms with van der Waals surface area (Å²) in [6.45, 7) is 2.67. The van der Waals surface area contributed by atoms with Gasteiger partial charge in [0.25, 0.3) is 0 Å². The Morgan fingerprint density at radius 2 is 1.91 bits per heavy atom. The maximum absolute atomic E-state index is 13.1. The number of hydrogen-bond donors (Lipinski definition) is 2. The molecule has 1 aliphatic heterocycles. The maximum Gasteiger partial charge on any atom is 0.223 e. The fraction of sp³-hybridized carbons (Fsp3) is 0.417. The second-order valence-corrected chi connectivity index (χ2v) is 7.76. The average Bonchev–Trinajstić information content (AvgIpc) is 3.16. The zero-order chi connectivity index (χ0) is 22.1. The Bertz CT molecular complexity index is 864. The molecular formula is C24H32FIN4O2. The summed E-state index contributed by atoms with van der Waals surface area (Å²) >= 11 is 0. The van der Waals surface area contributed by atoms with E-state index >= 15 is 0 Å².